The van der Waals surface area contributed by atoms with E-state index in [9.17, 15) is 24.9 Å². The lowest BCUT2D eigenvalue weighted by Crippen LogP contribution is -2.57. The average molecular weight is 857 g/mol. The Morgan fingerprint density at radius 3 is 1.28 bits per heavy atom. The molecule has 0 aromatic heterocycles. The summed E-state index contributed by atoms with van der Waals surface area (Å²) in [6, 6.07) is 0.668. The normalized spacial score (nSPS) is 17.7. The van der Waals surface area contributed by atoms with E-state index in [1.807, 2.05) is 25.9 Å². The minimum Gasteiger partial charge on any atom is -0.464 e. The maximum Gasteiger partial charge on any atom is 0.305 e. The van der Waals surface area contributed by atoms with Gasteiger partial charge in [0.25, 0.3) is 0 Å². The van der Waals surface area contributed by atoms with Crippen molar-refractivity contribution in [1.29, 1.82) is 0 Å². The molecule has 3 N–H and O–H groups in total. The third kappa shape index (κ3) is 35.2. The van der Waals surface area contributed by atoms with Crippen LogP contribution in [-0.4, -0.2) is 157 Å². The largest absolute Gasteiger partial charge is 0.464 e. The smallest absolute Gasteiger partial charge is 0.305 e. The maximum absolute atomic E-state index is 12.6. The van der Waals surface area contributed by atoms with Gasteiger partial charge in [-0.3, -0.25) is 24.3 Å². The molecule has 0 spiro atoms. The van der Waals surface area contributed by atoms with E-state index in [2.05, 4.69) is 49.3 Å². The number of rotatable bonds is 38. The van der Waals surface area contributed by atoms with Crippen molar-refractivity contribution >= 4 is 11.9 Å². The van der Waals surface area contributed by atoms with E-state index in [4.69, 9.17) is 9.47 Å². The minimum absolute atomic E-state index is 0.122. The molecule has 0 amide bonds. The highest BCUT2D eigenvalue weighted by Crippen LogP contribution is 2.16. The Morgan fingerprint density at radius 1 is 0.533 bits per heavy atom. The quantitative estimate of drug-likeness (QED) is 0.0408. The Labute approximate surface area is 370 Å². The number of aliphatic hydroxyl groups excluding tert-OH is 3. The van der Waals surface area contributed by atoms with Crippen LogP contribution in [0.5, 0.6) is 0 Å². The van der Waals surface area contributed by atoms with Crippen LogP contribution in [0.15, 0.2) is 0 Å². The van der Waals surface area contributed by atoms with E-state index in [1.165, 1.54) is 83.5 Å². The molecule has 1 rings (SSSR count). The van der Waals surface area contributed by atoms with Crippen molar-refractivity contribution < 1.29 is 34.4 Å². The number of carbonyl (C=O) groups excluding carboxylic acids is 2. The van der Waals surface area contributed by atoms with Crippen molar-refractivity contribution in [1.82, 2.24) is 19.6 Å². The highest BCUT2D eigenvalue weighted by Gasteiger charge is 2.29. The predicted octanol–water partition coefficient (Wildman–Crippen LogP) is 8.84. The monoisotopic (exact) mass is 857 g/mol. The molecule has 11 nitrogen and oxygen atoms in total. The van der Waals surface area contributed by atoms with Crippen molar-refractivity contribution in [3.63, 3.8) is 0 Å². The Morgan fingerprint density at radius 2 is 0.900 bits per heavy atom. The van der Waals surface area contributed by atoms with Crippen molar-refractivity contribution in [2.24, 2.45) is 0 Å². The van der Waals surface area contributed by atoms with E-state index in [0.717, 1.165) is 77.5 Å². The molecule has 5 atom stereocenters. The van der Waals surface area contributed by atoms with Crippen molar-refractivity contribution in [3.05, 3.63) is 0 Å². The summed E-state index contributed by atoms with van der Waals surface area (Å²) in [6.07, 6.45) is 24.8. The summed E-state index contributed by atoms with van der Waals surface area (Å²) in [5.41, 5.74) is 0. The molecule has 0 aliphatic carbocycles. The number of hydrogen-bond donors (Lipinski definition) is 3. The number of unbranched alkanes of at least 4 members (excludes halogenated alkanes) is 14. The summed E-state index contributed by atoms with van der Waals surface area (Å²) in [5, 5.41) is 31.1. The topological polar surface area (TPSA) is 126 Å². The summed E-state index contributed by atoms with van der Waals surface area (Å²) >= 11 is 0. The average Bonchev–Trinajstić information content (AvgIpc) is 3.19. The van der Waals surface area contributed by atoms with Crippen LogP contribution in [0.2, 0.25) is 0 Å². The first-order chi connectivity index (χ1) is 28.9. The number of ether oxygens (including phenoxy) is 2. The summed E-state index contributed by atoms with van der Waals surface area (Å²) in [7, 11) is 4.01. The fourth-order valence-electron chi connectivity index (χ4n) is 8.09. The van der Waals surface area contributed by atoms with Crippen molar-refractivity contribution in [2.75, 3.05) is 79.7 Å². The van der Waals surface area contributed by atoms with Crippen molar-refractivity contribution in [2.45, 2.75) is 226 Å². The molecule has 0 bridgehead atoms. The van der Waals surface area contributed by atoms with E-state index < -0.39 is 12.2 Å². The molecule has 1 saturated heterocycles. The predicted molar refractivity (Wildman–Crippen MR) is 251 cm³/mol. The first kappa shape index (κ1) is 58.7. The number of esters is 2. The maximum atomic E-state index is 12.6. The zero-order valence-corrected chi connectivity index (χ0v) is 40.7. The molecule has 11 heteroatoms. The summed E-state index contributed by atoms with van der Waals surface area (Å²) in [4.78, 5) is 33.2. The van der Waals surface area contributed by atoms with Crippen LogP contribution in [0.1, 0.15) is 196 Å². The van der Waals surface area contributed by atoms with Gasteiger partial charge in [0, 0.05) is 70.7 Å². The van der Waals surface area contributed by atoms with Gasteiger partial charge in [0.15, 0.2) is 0 Å². The Balaban J connectivity index is 0.00000211. The zero-order valence-electron chi connectivity index (χ0n) is 40.7. The lowest BCUT2D eigenvalue weighted by atomic mass is 10.1. The standard InChI is InChI=1S/C37H73N3O6.C12H27NO/c1-6-9-11-13-15-17-21-35(42)31-38(30-34(41)20-16-14-12-10-7-2)23-18-22-37(44)46-27-25-40-29-32(4)39(28-33(40)5)24-26-45-36(43)19-8-3;1-4-5-6-7-8-9-10-12(14)11-13(2)3/h32-35,41-42H,6-31H2,1-5H3;12,14H,4-11H2,1-3H3. The van der Waals surface area contributed by atoms with Crippen LogP contribution in [0.25, 0.3) is 0 Å². The molecule has 1 aliphatic rings. The molecule has 0 aromatic rings. The minimum atomic E-state index is -0.407. The molecule has 5 unspecified atom stereocenters. The highest BCUT2D eigenvalue weighted by atomic mass is 16.5. The Kier molecular flexibility index (Phi) is 39.5. The van der Waals surface area contributed by atoms with Gasteiger partial charge >= 0.3 is 11.9 Å². The second kappa shape index (κ2) is 40.4. The van der Waals surface area contributed by atoms with Gasteiger partial charge in [-0.1, -0.05) is 137 Å². The van der Waals surface area contributed by atoms with E-state index >= 15 is 0 Å². The van der Waals surface area contributed by atoms with Gasteiger partial charge in [0.05, 0.1) is 18.3 Å². The number of piperazine rings is 1. The molecule has 60 heavy (non-hydrogen) atoms. The number of hydrogen-bond acceptors (Lipinski definition) is 11. The molecular formula is C49H100N4O7. The summed E-state index contributed by atoms with van der Waals surface area (Å²) in [6.45, 7) is 19.6. The van der Waals surface area contributed by atoms with Crippen LogP contribution in [0, 0.1) is 0 Å². The lowest BCUT2D eigenvalue weighted by Gasteiger charge is -2.44. The molecule has 0 radical (unpaired) electrons. The lowest BCUT2D eigenvalue weighted by molar-refractivity contribution is -0.146. The van der Waals surface area contributed by atoms with Gasteiger partial charge in [-0.05, 0) is 66.6 Å². The molecule has 0 aromatic carbocycles. The molecule has 1 fully saturated rings. The molecular weight excluding hydrogens is 757 g/mol. The number of carbonyl (C=O) groups is 2. The van der Waals surface area contributed by atoms with Crippen LogP contribution >= 0.6 is 0 Å². The molecule has 0 saturated carbocycles. The fraction of sp³-hybridized carbons (Fsp3) is 0.959. The number of likely N-dealkylation sites (N-methyl/N-ethyl adjacent to an activating group) is 1. The van der Waals surface area contributed by atoms with E-state index in [-0.39, 0.29) is 18.0 Å². The first-order valence-corrected chi connectivity index (χ1v) is 25.1. The summed E-state index contributed by atoms with van der Waals surface area (Å²) < 4.78 is 11.0. The van der Waals surface area contributed by atoms with Gasteiger partial charge in [-0.2, -0.15) is 0 Å². The fourth-order valence-corrected chi connectivity index (χ4v) is 8.09. The molecule has 1 heterocycles. The van der Waals surface area contributed by atoms with E-state index in [1.54, 1.807) is 0 Å². The van der Waals surface area contributed by atoms with Crippen molar-refractivity contribution in [3.8, 4) is 0 Å². The van der Waals surface area contributed by atoms with Crippen LogP contribution in [-0.2, 0) is 19.1 Å². The SMILES string of the molecule is CCCCCCCCC(O)CN(C)C.CCCCCCCCC(O)CN(CCCC(=O)OCCN1CC(C)N(CCOC(=O)CCC)CC1C)CC(O)CCCCCCC. The van der Waals surface area contributed by atoms with Gasteiger partial charge in [-0.25, -0.2) is 0 Å². The number of nitrogens with zero attached hydrogens (tertiary/aromatic N) is 4. The van der Waals surface area contributed by atoms with Gasteiger partial charge < -0.3 is 29.7 Å². The van der Waals surface area contributed by atoms with E-state index in [0.29, 0.717) is 70.7 Å². The van der Waals surface area contributed by atoms with Crippen LogP contribution in [0.4, 0.5) is 0 Å². The van der Waals surface area contributed by atoms with Gasteiger partial charge in [0.1, 0.15) is 13.2 Å². The van der Waals surface area contributed by atoms with Crippen LogP contribution in [0.3, 0.4) is 0 Å². The molecule has 1 aliphatic heterocycles. The van der Waals surface area contributed by atoms with Gasteiger partial charge in [0.2, 0.25) is 0 Å². The Bertz CT molecular complexity index is 976. The molecule has 358 valence electrons. The zero-order chi connectivity index (χ0) is 44.8. The first-order valence-electron chi connectivity index (χ1n) is 25.1. The third-order valence-corrected chi connectivity index (χ3v) is 11.8. The van der Waals surface area contributed by atoms with Crippen LogP contribution < -0.4 is 0 Å². The number of aliphatic hydroxyl groups is 3. The second-order valence-corrected chi connectivity index (χ2v) is 18.3. The Hall–Kier alpha value is -1.34. The second-order valence-electron chi connectivity index (χ2n) is 18.3. The third-order valence-electron chi connectivity index (χ3n) is 11.8. The highest BCUT2D eigenvalue weighted by molar-refractivity contribution is 5.69. The summed E-state index contributed by atoms with van der Waals surface area (Å²) in [5.74, 6) is -0.305. The van der Waals surface area contributed by atoms with Gasteiger partial charge in [-0.15, -0.1) is 0 Å².